The fraction of sp³-hybridized carbons (Fsp3) is 0.0800. The quantitative estimate of drug-likeness (QED) is 0.335. The minimum absolute atomic E-state index is 0.246. The van der Waals surface area contributed by atoms with Gasteiger partial charge in [-0.2, -0.15) is 5.01 Å². The van der Waals surface area contributed by atoms with E-state index in [9.17, 15) is 9.59 Å². The molecule has 3 aromatic carbocycles. The highest BCUT2D eigenvalue weighted by Crippen LogP contribution is 2.34. The van der Waals surface area contributed by atoms with E-state index in [4.69, 9.17) is 33.3 Å². The zero-order chi connectivity index (χ0) is 24.1. The maximum atomic E-state index is 12.9. The molecule has 0 spiro atoms. The Morgan fingerprint density at radius 3 is 2.53 bits per heavy atom. The molecule has 2 amide bonds. The highest BCUT2D eigenvalue weighted by Gasteiger charge is 2.33. The van der Waals surface area contributed by atoms with Gasteiger partial charge in [0.05, 0.1) is 12.0 Å². The van der Waals surface area contributed by atoms with Crippen LogP contribution in [-0.4, -0.2) is 28.3 Å². The molecule has 3 aromatic rings. The van der Waals surface area contributed by atoms with Gasteiger partial charge in [-0.25, -0.2) is 0 Å². The van der Waals surface area contributed by atoms with Crippen LogP contribution >= 0.6 is 35.6 Å². The molecule has 1 aliphatic heterocycles. The Bertz CT molecular complexity index is 1260. The van der Waals surface area contributed by atoms with Crippen molar-refractivity contribution in [2.45, 2.75) is 6.61 Å². The van der Waals surface area contributed by atoms with Gasteiger partial charge in [-0.15, -0.1) is 0 Å². The Kier molecular flexibility index (Phi) is 7.52. The summed E-state index contributed by atoms with van der Waals surface area (Å²) in [6, 6.07) is 21.4. The van der Waals surface area contributed by atoms with Gasteiger partial charge in [0.15, 0.2) is 15.8 Å². The molecule has 1 saturated heterocycles. The van der Waals surface area contributed by atoms with E-state index in [0.717, 1.165) is 27.9 Å². The molecule has 4 rings (SSSR count). The second kappa shape index (κ2) is 10.7. The van der Waals surface area contributed by atoms with Gasteiger partial charge in [0.25, 0.3) is 11.8 Å². The molecule has 0 aliphatic carbocycles. The zero-order valence-electron chi connectivity index (χ0n) is 18.0. The van der Waals surface area contributed by atoms with Crippen LogP contribution in [0.3, 0.4) is 0 Å². The van der Waals surface area contributed by atoms with Crippen LogP contribution in [0.4, 0.5) is 0 Å². The molecule has 0 radical (unpaired) electrons. The minimum Gasteiger partial charge on any atom is -0.493 e. The largest absolute Gasteiger partial charge is 0.493 e. The van der Waals surface area contributed by atoms with E-state index < -0.39 is 11.8 Å². The average molecular weight is 511 g/mol. The van der Waals surface area contributed by atoms with E-state index in [1.807, 2.05) is 18.2 Å². The van der Waals surface area contributed by atoms with Gasteiger partial charge in [-0.05, 0) is 65.8 Å². The summed E-state index contributed by atoms with van der Waals surface area (Å²) in [6.45, 7) is 0.354. The smallest absolute Gasteiger partial charge is 0.285 e. The molecular weight excluding hydrogens is 492 g/mol. The molecule has 1 fully saturated rings. The van der Waals surface area contributed by atoms with Crippen LogP contribution < -0.4 is 14.9 Å². The fourth-order valence-electron chi connectivity index (χ4n) is 3.11. The summed E-state index contributed by atoms with van der Waals surface area (Å²) in [7, 11) is 1.55. The number of hydrazine groups is 1. The van der Waals surface area contributed by atoms with E-state index in [1.54, 1.807) is 67.8 Å². The maximum Gasteiger partial charge on any atom is 0.285 e. The summed E-state index contributed by atoms with van der Waals surface area (Å²) < 4.78 is 11.6. The molecule has 0 atom stereocenters. The van der Waals surface area contributed by atoms with Crippen LogP contribution in [-0.2, 0) is 11.4 Å². The highest BCUT2D eigenvalue weighted by molar-refractivity contribution is 8.26. The molecule has 6 nitrogen and oxygen atoms in total. The van der Waals surface area contributed by atoms with Crippen LogP contribution in [0.15, 0.2) is 77.7 Å². The molecule has 1 aliphatic rings. The SMILES string of the molecule is COc1cc(/C=C2/SC(=S)N(NC(=O)c3ccccc3)C2=O)ccc1OCc1ccc(Cl)cc1. The normalized spacial score (nSPS) is 14.4. The van der Waals surface area contributed by atoms with Crippen LogP contribution in [0.5, 0.6) is 11.5 Å². The number of nitrogens with one attached hydrogen (secondary N) is 1. The summed E-state index contributed by atoms with van der Waals surface area (Å²) in [5.41, 5.74) is 4.69. The van der Waals surface area contributed by atoms with Crippen molar-refractivity contribution in [2.24, 2.45) is 0 Å². The predicted octanol–water partition coefficient (Wildman–Crippen LogP) is 5.47. The van der Waals surface area contributed by atoms with Crippen LogP contribution in [0.1, 0.15) is 21.5 Å². The van der Waals surface area contributed by atoms with Crippen molar-refractivity contribution in [2.75, 3.05) is 7.11 Å². The van der Waals surface area contributed by atoms with Gasteiger partial charge in [0, 0.05) is 10.6 Å². The number of halogens is 1. The lowest BCUT2D eigenvalue weighted by Gasteiger charge is -2.15. The first-order valence-electron chi connectivity index (χ1n) is 10.1. The Morgan fingerprint density at radius 1 is 1.09 bits per heavy atom. The monoisotopic (exact) mass is 510 g/mol. The van der Waals surface area contributed by atoms with E-state index in [0.29, 0.717) is 33.6 Å². The first kappa shape index (κ1) is 23.8. The van der Waals surface area contributed by atoms with Crippen molar-refractivity contribution >= 4 is 57.8 Å². The summed E-state index contributed by atoms with van der Waals surface area (Å²) in [5, 5.41) is 1.75. The third kappa shape index (κ3) is 5.59. The first-order valence-corrected chi connectivity index (χ1v) is 11.7. The van der Waals surface area contributed by atoms with Crippen LogP contribution in [0.25, 0.3) is 6.08 Å². The number of thioether (sulfide) groups is 1. The number of hydrogen-bond acceptors (Lipinski definition) is 6. The molecule has 0 bridgehead atoms. The van der Waals surface area contributed by atoms with Crippen LogP contribution in [0.2, 0.25) is 5.02 Å². The molecule has 1 heterocycles. The number of amides is 2. The number of hydrogen-bond donors (Lipinski definition) is 1. The highest BCUT2D eigenvalue weighted by atomic mass is 35.5. The molecular formula is C25H19ClN2O4S2. The molecule has 9 heteroatoms. The Hall–Kier alpha value is -3.33. The first-order chi connectivity index (χ1) is 16.4. The number of carbonyl (C=O) groups excluding carboxylic acids is 2. The van der Waals surface area contributed by atoms with E-state index in [2.05, 4.69) is 5.43 Å². The number of benzene rings is 3. The molecule has 34 heavy (non-hydrogen) atoms. The second-order valence-electron chi connectivity index (χ2n) is 7.15. The average Bonchev–Trinajstić information content (AvgIpc) is 3.11. The van der Waals surface area contributed by atoms with Crippen molar-refractivity contribution in [1.29, 1.82) is 0 Å². The summed E-state index contributed by atoms with van der Waals surface area (Å²) in [6.07, 6.45) is 1.69. The number of rotatable bonds is 7. The minimum atomic E-state index is -0.415. The third-order valence-corrected chi connectivity index (χ3v) is 6.39. The molecule has 0 unspecified atom stereocenters. The number of carbonyl (C=O) groups is 2. The van der Waals surface area contributed by atoms with Gasteiger partial charge in [0.2, 0.25) is 0 Å². The lowest BCUT2D eigenvalue weighted by molar-refractivity contribution is -0.123. The van der Waals surface area contributed by atoms with Gasteiger partial charge in [0.1, 0.15) is 6.61 Å². The van der Waals surface area contributed by atoms with Gasteiger partial charge >= 0.3 is 0 Å². The summed E-state index contributed by atoms with van der Waals surface area (Å²) in [5.74, 6) is 0.274. The molecule has 0 aromatic heterocycles. The van der Waals surface area contributed by atoms with E-state index >= 15 is 0 Å². The van der Waals surface area contributed by atoms with E-state index in [-0.39, 0.29) is 4.32 Å². The number of nitrogens with zero attached hydrogens (tertiary/aromatic N) is 1. The van der Waals surface area contributed by atoms with Gasteiger partial charge in [-0.3, -0.25) is 15.0 Å². The zero-order valence-corrected chi connectivity index (χ0v) is 20.4. The standard InChI is InChI=1S/C25H19ClN2O4S2/c1-31-21-13-17(9-12-20(21)32-15-16-7-10-19(26)11-8-16)14-22-24(30)28(25(33)34-22)27-23(29)18-5-3-2-4-6-18/h2-14H,15H2,1H3,(H,27,29)/b22-14+. The van der Waals surface area contributed by atoms with Crippen molar-refractivity contribution in [3.63, 3.8) is 0 Å². The van der Waals surface area contributed by atoms with Gasteiger partial charge in [-0.1, -0.05) is 59.8 Å². The summed E-state index contributed by atoms with van der Waals surface area (Å²) in [4.78, 5) is 25.7. The van der Waals surface area contributed by atoms with Crippen molar-refractivity contribution < 1.29 is 19.1 Å². The number of thiocarbonyl (C=S) groups is 1. The molecule has 1 N–H and O–H groups in total. The lowest BCUT2D eigenvalue weighted by Crippen LogP contribution is -2.44. The van der Waals surface area contributed by atoms with Crippen LogP contribution in [0, 0.1) is 0 Å². The summed E-state index contributed by atoms with van der Waals surface area (Å²) >= 11 is 12.3. The predicted molar refractivity (Wildman–Crippen MR) is 138 cm³/mol. The Balaban J connectivity index is 1.46. The molecule has 0 saturated carbocycles. The third-order valence-electron chi connectivity index (χ3n) is 4.84. The van der Waals surface area contributed by atoms with E-state index in [1.165, 1.54) is 0 Å². The van der Waals surface area contributed by atoms with Crippen molar-refractivity contribution in [1.82, 2.24) is 10.4 Å². The topological polar surface area (TPSA) is 67.9 Å². The Labute approximate surface area is 211 Å². The van der Waals surface area contributed by atoms with Crippen molar-refractivity contribution in [3.8, 4) is 11.5 Å². The number of ether oxygens (including phenoxy) is 2. The molecule has 172 valence electrons. The Morgan fingerprint density at radius 2 is 1.82 bits per heavy atom. The number of methoxy groups -OCH3 is 1. The maximum absolute atomic E-state index is 12.9. The van der Waals surface area contributed by atoms with Crippen molar-refractivity contribution in [3.05, 3.63) is 99.4 Å². The van der Waals surface area contributed by atoms with Gasteiger partial charge < -0.3 is 9.47 Å². The fourth-order valence-corrected chi connectivity index (χ4v) is 4.41. The second-order valence-corrected chi connectivity index (χ2v) is 9.26. The lowest BCUT2D eigenvalue weighted by atomic mass is 10.2.